The molecule has 1 fully saturated rings. The number of methoxy groups -OCH3 is 1. The Hall–Kier alpha value is -2.28. The minimum absolute atomic E-state index is 0.103. The maximum Gasteiger partial charge on any atom is 0.266 e. The normalized spacial score (nSPS) is 15.5. The van der Waals surface area contributed by atoms with Gasteiger partial charge >= 0.3 is 0 Å². The predicted octanol–water partition coefficient (Wildman–Crippen LogP) is 3.94. The van der Waals surface area contributed by atoms with Gasteiger partial charge in [-0.1, -0.05) is 25.3 Å². The van der Waals surface area contributed by atoms with Crippen LogP contribution in [0.5, 0.6) is 5.75 Å². The van der Waals surface area contributed by atoms with E-state index in [1.165, 1.54) is 39.2 Å². The minimum atomic E-state index is -3.78. The molecule has 1 aromatic carbocycles. The zero-order valence-corrected chi connectivity index (χ0v) is 16.0. The first-order chi connectivity index (χ1) is 12.5. The molecule has 1 aliphatic carbocycles. The van der Waals surface area contributed by atoms with Crippen LogP contribution >= 0.6 is 0 Å². The highest BCUT2D eigenvalue weighted by atomic mass is 32.2. The highest BCUT2D eigenvalue weighted by Gasteiger charge is 2.20. The van der Waals surface area contributed by atoms with Crippen molar-refractivity contribution >= 4 is 21.5 Å². The van der Waals surface area contributed by atoms with Gasteiger partial charge in [0.05, 0.1) is 19.0 Å². The number of aryl methyl sites for hydroxylation is 1. The van der Waals surface area contributed by atoms with Crippen LogP contribution in [-0.4, -0.2) is 26.6 Å². The molecule has 0 amide bonds. The molecule has 2 aromatic rings. The standard InChI is InChI=1S/C19H25N3O3S/c1-14-8-10-17(25-2)18(12-14)26(23,24)22-19-11-9-16(13-20-19)21-15-6-4-3-5-7-15/h8-13,15,21H,3-7H2,1-2H3,(H,20,22). The van der Waals surface area contributed by atoms with Gasteiger partial charge in [-0.15, -0.1) is 0 Å². The van der Waals surface area contributed by atoms with Gasteiger partial charge in [0.2, 0.25) is 0 Å². The molecule has 1 aromatic heterocycles. The van der Waals surface area contributed by atoms with E-state index in [2.05, 4.69) is 15.0 Å². The van der Waals surface area contributed by atoms with Gasteiger partial charge in [0.25, 0.3) is 10.0 Å². The topological polar surface area (TPSA) is 80.3 Å². The molecule has 2 N–H and O–H groups in total. The monoisotopic (exact) mass is 375 g/mol. The Bertz CT molecular complexity index is 845. The number of rotatable bonds is 6. The van der Waals surface area contributed by atoms with Gasteiger partial charge in [0, 0.05) is 6.04 Å². The molecule has 1 heterocycles. The minimum Gasteiger partial charge on any atom is -0.495 e. The lowest BCUT2D eigenvalue weighted by Crippen LogP contribution is -2.22. The molecule has 0 bridgehead atoms. The summed E-state index contributed by atoms with van der Waals surface area (Å²) < 4.78 is 33.1. The molecule has 6 nitrogen and oxygen atoms in total. The highest BCUT2D eigenvalue weighted by Crippen LogP contribution is 2.27. The molecule has 0 spiro atoms. The second-order valence-electron chi connectivity index (χ2n) is 6.67. The molecule has 140 valence electrons. The van der Waals surface area contributed by atoms with E-state index in [4.69, 9.17) is 4.74 Å². The van der Waals surface area contributed by atoms with Gasteiger partial charge in [-0.05, 0) is 49.6 Å². The van der Waals surface area contributed by atoms with Gasteiger partial charge < -0.3 is 10.1 Å². The summed E-state index contributed by atoms with van der Waals surface area (Å²) in [6.07, 6.45) is 7.81. The number of sulfonamides is 1. The first kappa shape index (κ1) is 18.5. The summed E-state index contributed by atoms with van der Waals surface area (Å²) in [5.74, 6) is 0.585. The Balaban J connectivity index is 1.73. The van der Waals surface area contributed by atoms with Crippen LogP contribution < -0.4 is 14.8 Å². The lowest BCUT2D eigenvalue weighted by atomic mass is 9.95. The third kappa shape index (κ3) is 4.46. The summed E-state index contributed by atoms with van der Waals surface area (Å²) in [6.45, 7) is 1.84. The second kappa shape index (κ2) is 7.95. The van der Waals surface area contributed by atoms with Crippen LogP contribution in [0.1, 0.15) is 37.7 Å². The van der Waals surface area contributed by atoms with E-state index in [0.29, 0.717) is 11.8 Å². The van der Waals surface area contributed by atoms with Crippen molar-refractivity contribution in [3.63, 3.8) is 0 Å². The number of pyridine rings is 1. The van der Waals surface area contributed by atoms with Crippen molar-refractivity contribution in [2.45, 2.75) is 50.0 Å². The van der Waals surface area contributed by atoms with Crippen molar-refractivity contribution in [3.8, 4) is 5.75 Å². The van der Waals surface area contributed by atoms with Gasteiger partial charge in [0.15, 0.2) is 0 Å². The quantitative estimate of drug-likeness (QED) is 0.799. The van der Waals surface area contributed by atoms with Crippen molar-refractivity contribution in [3.05, 3.63) is 42.1 Å². The molecule has 0 radical (unpaired) electrons. The van der Waals surface area contributed by atoms with E-state index in [0.717, 1.165) is 11.3 Å². The second-order valence-corrected chi connectivity index (χ2v) is 8.32. The lowest BCUT2D eigenvalue weighted by molar-refractivity contribution is 0.402. The van der Waals surface area contributed by atoms with E-state index in [1.807, 2.05) is 19.1 Å². The smallest absolute Gasteiger partial charge is 0.266 e. The number of anilines is 2. The fourth-order valence-electron chi connectivity index (χ4n) is 3.21. The summed E-state index contributed by atoms with van der Waals surface area (Å²) in [4.78, 5) is 4.34. The predicted molar refractivity (Wildman–Crippen MR) is 103 cm³/mol. The van der Waals surface area contributed by atoms with Gasteiger partial charge in [0.1, 0.15) is 16.5 Å². The molecule has 0 aliphatic heterocycles. The first-order valence-corrected chi connectivity index (χ1v) is 10.4. The number of hydrogen-bond donors (Lipinski definition) is 2. The fraction of sp³-hybridized carbons (Fsp3) is 0.421. The maximum atomic E-state index is 12.7. The molecular weight excluding hydrogens is 350 g/mol. The van der Waals surface area contributed by atoms with Crippen LogP contribution in [0.4, 0.5) is 11.5 Å². The van der Waals surface area contributed by atoms with Crippen LogP contribution in [0.25, 0.3) is 0 Å². The Labute approximate surface area is 155 Å². The average Bonchev–Trinajstić information content (AvgIpc) is 2.64. The van der Waals surface area contributed by atoms with E-state index < -0.39 is 10.0 Å². The van der Waals surface area contributed by atoms with Crippen LogP contribution in [0.15, 0.2) is 41.4 Å². The van der Waals surface area contributed by atoms with Gasteiger partial charge in [-0.25, -0.2) is 13.4 Å². The van der Waals surface area contributed by atoms with Crippen molar-refractivity contribution in [2.75, 3.05) is 17.1 Å². The van der Waals surface area contributed by atoms with Crippen LogP contribution in [0.2, 0.25) is 0 Å². The number of aromatic nitrogens is 1. The number of nitrogens with zero attached hydrogens (tertiary/aromatic N) is 1. The summed E-state index contributed by atoms with van der Waals surface area (Å²) in [7, 11) is -2.32. The SMILES string of the molecule is COc1ccc(C)cc1S(=O)(=O)Nc1ccc(NC2CCCCC2)cn1. The number of nitrogens with one attached hydrogen (secondary N) is 2. The van der Waals surface area contributed by atoms with Crippen molar-refractivity contribution in [1.29, 1.82) is 0 Å². The molecule has 26 heavy (non-hydrogen) atoms. The summed E-state index contributed by atoms with van der Waals surface area (Å²) >= 11 is 0. The third-order valence-electron chi connectivity index (χ3n) is 4.59. The number of hydrogen-bond acceptors (Lipinski definition) is 5. The Morgan fingerprint density at radius 3 is 2.54 bits per heavy atom. The highest BCUT2D eigenvalue weighted by molar-refractivity contribution is 7.92. The molecule has 0 saturated heterocycles. The number of benzene rings is 1. The van der Waals surface area contributed by atoms with Crippen molar-refractivity contribution in [1.82, 2.24) is 4.98 Å². The van der Waals surface area contributed by atoms with E-state index >= 15 is 0 Å². The Morgan fingerprint density at radius 1 is 1.12 bits per heavy atom. The Morgan fingerprint density at radius 2 is 1.88 bits per heavy atom. The summed E-state index contributed by atoms with van der Waals surface area (Å²) in [5, 5.41) is 3.47. The molecule has 7 heteroatoms. The summed E-state index contributed by atoms with van der Waals surface area (Å²) in [5.41, 5.74) is 1.75. The molecule has 0 atom stereocenters. The Kier molecular flexibility index (Phi) is 5.66. The molecule has 0 unspecified atom stereocenters. The van der Waals surface area contributed by atoms with Crippen LogP contribution in [0.3, 0.4) is 0 Å². The van der Waals surface area contributed by atoms with Crippen molar-refractivity contribution < 1.29 is 13.2 Å². The summed E-state index contributed by atoms with van der Waals surface area (Å²) in [6, 6.07) is 9.04. The molecule has 1 aliphatic rings. The molecule has 1 saturated carbocycles. The van der Waals surface area contributed by atoms with E-state index in [1.54, 1.807) is 24.4 Å². The first-order valence-electron chi connectivity index (χ1n) is 8.88. The lowest BCUT2D eigenvalue weighted by Gasteiger charge is -2.23. The van der Waals surface area contributed by atoms with Crippen molar-refractivity contribution in [2.24, 2.45) is 0 Å². The molecule has 3 rings (SSSR count). The van der Waals surface area contributed by atoms with Crippen LogP contribution in [-0.2, 0) is 10.0 Å². The third-order valence-corrected chi connectivity index (χ3v) is 5.96. The molecular formula is C19H25N3O3S. The van der Waals surface area contributed by atoms with E-state index in [-0.39, 0.29) is 10.7 Å². The average molecular weight is 375 g/mol. The van der Waals surface area contributed by atoms with Gasteiger partial charge in [-0.3, -0.25) is 4.72 Å². The zero-order chi connectivity index (χ0) is 18.6. The maximum absolute atomic E-state index is 12.7. The van der Waals surface area contributed by atoms with E-state index in [9.17, 15) is 8.42 Å². The largest absolute Gasteiger partial charge is 0.495 e. The number of ether oxygens (including phenoxy) is 1. The van der Waals surface area contributed by atoms with Crippen LogP contribution in [0, 0.1) is 6.92 Å². The zero-order valence-electron chi connectivity index (χ0n) is 15.2. The fourth-order valence-corrected chi connectivity index (χ4v) is 4.47. The van der Waals surface area contributed by atoms with Gasteiger partial charge in [-0.2, -0.15) is 0 Å².